The third-order valence-corrected chi connectivity index (χ3v) is 4.24. The van der Waals surface area contributed by atoms with Crippen LogP contribution >= 0.6 is 0 Å². The van der Waals surface area contributed by atoms with Crippen LogP contribution in [0.3, 0.4) is 0 Å². The maximum atomic E-state index is 11.3. The summed E-state index contributed by atoms with van der Waals surface area (Å²) in [6, 6.07) is 0. The lowest BCUT2D eigenvalue weighted by molar-refractivity contribution is -0.813. The van der Waals surface area contributed by atoms with Gasteiger partial charge in [-0.1, -0.05) is 0 Å². The van der Waals surface area contributed by atoms with Gasteiger partial charge in [0.05, 0.1) is 13.2 Å². The van der Waals surface area contributed by atoms with Crippen LogP contribution in [0.2, 0.25) is 0 Å². The second-order valence-electron chi connectivity index (χ2n) is 6.51. The Kier molecular flexibility index (Phi) is 11.9. The van der Waals surface area contributed by atoms with E-state index in [2.05, 4.69) is 9.47 Å². The zero-order valence-electron chi connectivity index (χ0n) is 17.6. The molecular weight excluding hydrogens is 500 g/mol. The van der Waals surface area contributed by atoms with Gasteiger partial charge >= 0.3 is 11.3 Å². The number of nitro groups is 6. The molecule has 0 spiro atoms. The summed E-state index contributed by atoms with van der Waals surface area (Å²) < 4.78 is 9.17. The van der Waals surface area contributed by atoms with Crippen molar-refractivity contribution in [3.05, 3.63) is 60.7 Å². The number of hydrogen-bond acceptors (Lipinski definition) is 16. The van der Waals surface area contributed by atoms with Gasteiger partial charge in [0, 0.05) is 0 Å². The maximum absolute atomic E-state index is 11.3. The molecule has 0 heterocycles. The van der Waals surface area contributed by atoms with Crippen molar-refractivity contribution >= 4 is 0 Å². The molecule has 0 saturated carbocycles. The third-order valence-electron chi connectivity index (χ3n) is 4.24. The van der Waals surface area contributed by atoms with Gasteiger partial charge in [0.25, 0.3) is 0 Å². The first-order valence-electron chi connectivity index (χ1n) is 8.95. The van der Waals surface area contributed by atoms with Crippen LogP contribution in [0.15, 0.2) is 0 Å². The van der Waals surface area contributed by atoms with E-state index in [1.165, 1.54) is 0 Å². The monoisotopic (exact) mass is 520 g/mol. The number of rotatable bonds is 20. The van der Waals surface area contributed by atoms with E-state index in [0.717, 1.165) is 0 Å². The van der Waals surface area contributed by atoms with Gasteiger partial charge in [-0.2, -0.15) is 0 Å². The van der Waals surface area contributed by atoms with E-state index in [1.54, 1.807) is 0 Å². The third kappa shape index (κ3) is 7.98. The number of aliphatic hydroxyl groups is 2. The SMILES string of the molecule is O=[N+]([O-])N(CCO)CC(COCOCC(CN(CCO)[N+](=O)[O-])([N+](=O)[O-])[N+](=O)[O-])([N+](=O)[O-])[N+](=O)[O-]. The predicted octanol–water partition coefficient (Wildman–Crippen LogP) is -3.55. The van der Waals surface area contributed by atoms with Gasteiger partial charge in [0.2, 0.25) is 13.1 Å². The summed E-state index contributed by atoms with van der Waals surface area (Å²) >= 11 is 0. The van der Waals surface area contributed by atoms with E-state index in [-0.39, 0.29) is 10.0 Å². The summed E-state index contributed by atoms with van der Waals surface area (Å²) in [6.07, 6.45) is 0. The number of nitrogens with zero attached hydrogens (tertiary/aromatic N) is 8. The zero-order valence-corrected chi connectivity index (χ0v) is 17.6. The van der Waals surface area contributed by atoms with Gasteiger partial charge in [-0.15, -0.1) is 10.0 Å². The van der Waals surface area contributed by atoms with Gasteiger partial charge in [-0.3, -0.25) is 40.5 Å². The Bertz CT molecular complexity index is 716. The summed E-state index contributed by atoms with van der Waals surface area (Å²) in [5.74, 6) is 0. The molecule has 0 radical (unpaired) electrons. The van der Waals surface area contributed by atoms with Crippen LogP contribution in [0, 0.1) is 60.7 Å². The van der Waals surface area contributed by atoms with Crippen LogP contribution in [0.1, 0.15) is 0 Å². The van der Waals surface area contributed by atoms with Crippen LogP contribution < -0.4 is 0 Å². The predicted molar refractivity (Wildman–Crippen MR) is 102 cm³/mol. The molecule has 0 unspecified atom stereocenters. The van der Waals surface area contributed by atoms with Gasteiger partial charge in [0.1, 0.15) is 39.6 Å². The second kappa shape index (κ2) is 13.5. The second-order valence-corrected chi connectivity index (χ2v) is 6.51. The first-order valence-corrected chi connectivity index (χ1v) is 8.95. The van der Waals surface area contributed by atoms with Gasteiger partial charge in [-0.25, -0.2) is 20.2 Å². The van der Waals surface area contributed by atoms with Crippen molar-refractivity contribution in [3.8, 4) is 0 Å². The Hall–Kier alpha value is -4.16. The molecule has 0 aliphatic rings. The minimum absolute atomic E-state index is 0.0341. The van der Waals surface area contributed by atoms with Crippen LogP contribution in [-0.2, 0) is 9.47 Å². The molecule has 24 nitrogen and oxygen atoms in total. The molecule has 0 aromatic rings. The maximum Gasteiger partial charge on any atom is 0.503 e. The smallest absolute Gasteiger partial charge is 0.394 e. The molecular formula is C11H20N8O16. The first-order chi connectivity index (χ1) is 16.2. The lowest BCUT2D eigenvalue weighted by Gasteiger charge is -2.22. The fourth-order valence-electron chi connectivity index (χ4n) is 2.39. The normalized spacial score (nSPS) is 11.5. The Balaban J connectivity index is 5.54. The molecule has 35 heavy (non-hydrogen) atoms. The summed E-state index contributed by atoms with van der Waals surface area (Å²) in [6.45, 7) is -10.7. The highest BCUT2D eigenvalue weighted by molar-refractivity contribution is 4.71. The Morgan fingerprint density at radius 2 is 0.886 bits per heavy atom. The molecule has 200 valence electrons. The minimum Gasteiger partial charge on any atom is -0.394 e. The van der Waals surface area contributed by atoms with Gasteiger partial charge < -0.3 is 19.7 Å². The lowest BCUT2D eigenvalue weighted by Crippen LogP contribution is -2.60. The van der Waals surface area contributed by atoms with E-state index in [1.807, 2.05) is 0 Å². The highest BCUT2D eigenvalue weighted by atomic mass is 16.7. The Labute approximate surface area is 192 Å². The fourth-order valence-corrected chi connectivity index (χ4v) is 2.39. The molecule has 0 aromatic carbocycles. The molecule has 0 fully saturated rings. The highest BCUT2D eigenvalue weighted by Gasteiger charge is 2.61. The largest absolute Gasteiger partial charge is 0.503 e. The van der Waals surface area contributed by atoms with E-state index in [4.69, 9.17) is 10.2 Å². The summed E-state index contributed by atoms with van der Waals surface area (Å²) in [5.41, 5.74) is -6.75. The van der Waals surface area contributed by atoms with E-state index in [9.17, 15) is 60.7 Å². The quantitative estimate of drug-likeness (QED) is 0.0678. The number of hydrogen-bond donors (Lipinski definition) is 2. The average Bonchev–Trinajstić information content (AvgIpc) is 2.74. The fraction of sp³-hybridized carbons (Fsp3) is 1.00. The zero-order chi connectivity index (χ0) is 27.4. The van der Waals surface area contributed by atoms with Crippen molar-refractivity contribution in [1.82, 2.24) is 10.0 Å². The van der Waals surface area contributed by atoms with Crippen LogP contribution in [-0.4, -0.2) is 121 Å². The lowest BCUT2D eigenvalue weighted by atomic mass is 10.2. The van der Waals surface area contributed by atoms with Crippen LogP contribution in [0.25, 0.3) is 0 Å². The highest BCUT2D eigenvalue weighted by Crippen LogP contribution is 2.17. The molecule has 2 N–H and O–H groups in total. The molecule has 0 aliphatic heterocycles. The molecule has 0 aliphatic carbocycles. The van der Waals surface area contributed by atoms with Crippen molar-refractivity contribution in [3.63, 3.8) is 0 Å². The molecule has 0 amide bonds. The molecule has 0 rings (SSSR count). The summed E-state index contributed by atoms with van der Waals surface area (Å²) in [4.78, 5) is 61.1. The van der Waals surface area contributed by atoms with E-state index < -0.39 is 100 Å². The summed E-state index contributed by atoms with van der Waals surface area (Å²) in [5, 5.41) is 82.2. The average molecular weight is 520 g/mol. The van der Waals surface area contributed by atoms with Crippen LogP contribution in [0.4, 0.5) is 0 Å². The number of ether oxygens (including phenoxy) is 2. The topological polar surface area (TPSA) is 324 Å². The van der Waals surface area contributed by atoms with Gasteiger partial charge in [0.15, 0.2) is 23.3 Å². The van der Waals surface area contributed by atoms with Gasteiger partial charge in [-0.05, 0) is 0 Å². The Morgan fingerprint density at radius 3 is 1.09 bits per heavy atom. The van der Waals surface area contributed by atoms with Crippen molar-refractivity contribution < 1.29 is 49.4 Å². The summed E-state index contributed by atoms with van der Waals surface area (Å²) in [7, 11) is 0. The minimum atomic E-state index is -3.38. The molecule has 0 aromatic heterocycles. The van der Waals surface area contributed by atoms with E-state index in [0.29, 0.717) is 0 Å². The first kappa shape index (κ1) is 30.8. The van der Waals surface area contributed by atoms with E-state index >= 15 is 0 Å². The van der Waals surface area contributed by atoms with Crippen molar-refractivity contribution in [2.45, 2.75) is 11.3 Å². The number of aliphatic hydroxyl groups excluding tert-OH is 2. The molecule has 0 bridgehead atoms. The molecule has 24 heteroatoms. The molecule has 0 atom stereocenters. The molecule has 0 saturated heterocycles. The van der Waals surface area contributed by atoms with Crippen molar-refractivity contribution in [2.24, 2.45) is 0 Å². The Morgan fingerprint density at radius 1 is 0.600 bits per heavy atom. The van der Waals surface area contributed by atoms with Crippen molar-refractivity contribution in [2.75, 3.05) is 59.4 Å². The van der Waals surface area contributed by atoms with Crippen LogP contribution in [0.5, 0.6) is 0 Å². The van der Waals surface area contributed by atoms with Crippen molar-refractivity contribution in [1.29, 1.82) is 0 Å². The standard InChI is InChI=1S/C11H20N8O16/c20-3-1-12(18(30)31)5-10(14(22)23,15(24)25)7-34-9-35-8-11(16(26)27,17(28)29)6-13(2-4-21)19(32)33/h20-21H,1-9H2. The number of hydrazine groups is 2.